The lowest BCUT2D eigenvalue weighted by Crippen LogP contribution is -2.29. The summed E-state index contributed by atoms with van der Waals surface area (Å²) in [4.78, 5) is 2.34. The molecule has 0 unspecified atom stereocenters. The van der Waals surface area contributed by atoms with Crippen molar-refractivity contribution >= 4 is 0 Å². The van der Waals surface area contributed by atoms with Gasteiger partial charge in [0.05, 0.1) is 11.7 Å². The van der Waals surface area contributed by atoms with Gasteiger partial charge in [-0.25, -0.2) is 0 Å². The Balaban J connectivity index is 1.92. The standard InChI is InChI=1S/C14H26N4/c1-2-17(11-9-15)12-13-8-10-18(16-13)14-6-4-3-5-7-14/h8,10,14H,2-7,9,11-12,15H2,1H3. The van der Waals surface area contributed by atoms with E-state index in [0.29, 0.717) is 6.04 Å². The first-order chi connectivity index (χ1) is 8.83. The first-order valence-electron chi connectivity index (χ1n) is 7.30. The molecule has 0 atom stereocenters. The Morgan fingerprint density at radius 1 is 1.39 bits per heavy atom. The van der Waals surface area contributed by atoms with Crippen molar-refractivity contribution in [2.75, 3.05) is 19.6 Å². The fourth-order valence-corrected chi connectivity index (χ4v) is 2.77. The van der Waals surface area contributed by atoms with Crippen molar-refractivity contribution in [1.29, 1.82) is 0 Å². The number of hydrogen-bond acceptors (Lipinski definition) is 3. The van der Waals surface area contributed by atoms with Gasteiger partial charge in [0.2, 0.25) is 0 Å². The van der Waals surface area contributed by atoms with Crippen LogP contribution in [0.2, 0.25) is 0 Å². The van der Waals surface area contributed by atoms with Crippen LogP contribution in [-0.4, -0.2) is 34.3 Å². The molecule has 4 nitrogen and oxygen atoms in total. The number of nitrogens with zero attached hydrogens (tertiary/aromatic N) is 3. The van der Waals surface area contributed by atoms with E-state index in [-0.39, 0.29) is 0 Å². The average molecular weight is 250 g/mol. The molecule has 1 aliphatic rings. The van der Waals surface area contributed by atoms with Gasteiger partial charge in [-0.15, -0.1) is 0 Å². The zero-order valence-corrected chi connectivity index (χ0v) is 11.5. The van der Waals surface area contributed by atoms with Crippen LogP contribution in [0, 0.1) is 0 Å². The summed E-state index contributed by atoms with van der Waals surface area (Å²) in [7, 11) is 0. The van der Waals surface area contributed by atoms with Gasteiger partial charge >= 0.3 is 0 Å². The molecule has 1 aromatic rings. The van der Waals surface area contributed by atoms with Crippen molar-refractivity contribution in [2.24, 2.45) is 5.73 Å². The first-order valence-corrected chi connectivity index (χ1v) is 7.30. The SMILES string of the molecule is CCN(CCN)Cc1ccn(C2CCCCC2)n1. The summed E-state index contributed by atoms with van der Waals surface area (Å²) in [5, 5.41) is 4.74. The van der Waals surface area contributed by atoms with E-state index in [9.17, 15) is 0 Å². The van der Waals surface area contributed by atoms with E-state index < -0.39 is 0 Å². The molecule has 0 amide bonds. The minimum absolute atomic E-state index is 0.636. The van der Waals surface area contributed by atoms with E-state index in [1.54, 1.807) is 0 Å². The molecule has 1 fully saturated rings. The summed E-state index contributed by atoms with van der Waals surface area (Å²) < 4.78 is 2.19. The van der Waals surface area contributed by atoms with Gasteiger partial charge in [0, 0.05) is 25.8 Å². The molecule has 102 valence electrons. The molecule has 2 N–H and O–H groups in total. The summed E-state index contributed by atoms with van der Waals surface area (Å²) in [5.41, 5.74) is 6.79. The molecular weight excluding hydrogens is 224 g/mol. The number of hydrogen-bond donors (Lipinski definition) is 1. The van der Waals surface area contributed by atoms with Crippen molar-refractivity contribution in [2.45, 2.75) is 51.6 Å². The summed E-state index contributed by atoms with van der Waals surface area (Å²) in [6.45, 7) is 5.80. The molecule has 1 saturated carbocycles. The lowest BCUT2D eigenvalue weighted by molar-refractivity contribution is 0.279. The van der Waals surface area contributed by atoms with E-state index >= 15 is 0 Å². The topological polar surface area (TPSA) is 47.1 Å². The largest absolute Gasteiger partial charge is 0.329 e. The quantitative estimate of drug-likeness (QED) is 0.841. The van der Waals surface area contributed by atoms with Crippen LogP contribution in [-0.2, 0) is 6.54 Å². The Hall–Kier alpha value is -0.870. The highest BCUT2D eigenvalue weighted by atomic mass is 15.3. The average Bonchev–Trinajstić information content (AvgIpc) is 2.88. The maximum atomic E-state index is 5.61. The molecule has 2 rings (SSSR count). The Labute approximate surface area is 110 Å². The van der Waals surface area contributed by atoms with Crippen LogP contribution in [0.4, 0.5) is 0 Å². The Kier molecular flexibility index (Phi) is 5.20. The van der Waals surface area contributed by atoms with Gasteiger partial charge in [-0.05, 0) is 25.5 Å². The molecule has 4 heteroatoms. The van der Waals surface area contributed by atoms with Crippen LogP contribution in [0.15, 0.2) is 12.3 Å². The third-order valence-corrected chi connectivity index (χ3v) is 3.89. The highest BCUT2D eigenvalue weighted by Crippen LogP contribution is 2.27. The molecule has 1 heterocycles. The molecule has 1 aromatic heterocycles. The molecule has 0 bridgehead atoms. The zero-order chi connectivity index (χ0) is 12.8. The van der Waals surface area contributed by atoms with Crippen LogP contribution >= 0.6 is 0 Å². The van der Waals surface area contributed by atoms with Gasteiger partial charge < -0.3 is 5.73 Å². The predicted octanol–water partition coefficient (Wildman–Crippen LogP) is 2.17. The van der Waals surface area contributed by atoms with Gasteiger partial charge in [-0.2, -0.15) is 5.10 Å². The minimum Gasteiger partial charge on any atom is -0.329 e. The fraction of sp³-hybridized carbons (Fsp3) is 0.786. The van der Waals surface area contributed by atoms with Crippen LogP contribution in [0.3, 0.4) is 0 Å². The van der Waals surface area contributed by atoms with Gasteiger partial charge in [0.1, 0.15) is 0 Å². The van der Waals surface area contributed by atoms with Crippen LogP contribution in [0.1, 0.15) is 50.8 Å². The number of aromatic nitrogens is 2. The second-order valence-electron chi connectivity index (χ2n) is 5.24. The van der Waals surface area contributed by atoms with E-state index in [4.69, 9.17) is 10.8 Å². The van der Waals surface area contributed by atoms with Crippen LogP contribution < -0.4 is 5.73 Å². The summed E-state index contributed by atoms with van der Waals surface area (Å²) >= 11 is 0. The van der Waals surface area contributed by atoms with E-state index in [1.165, 1.54) is 37.8 Å². The molecule has 0 aromatic carbocycles. The van der Waals surface area contributed by atoms with E-state index in [0.717, 1.165) is 26.2 Å². The Morgan fingerprint density at radius 3 is 2.83 bits per heavy atom. The molecule has 0 radical (unpaired) electrons. The lowest BCUT2D eigenvalue weighted by Gasteiger charge is -2.22. The van der Waals surface area contributed by atoms with Gasteiger partial charge in [0.15, 0.2) is 0 Å². The van der Waals surface area contributed by atoms with Gasteiger partial charge in [-0.1, -0.05) is 26.2 Å². The number of rotatable bonds is 6. The number of nitrogens with two attached hydrogens (primary N) is 1. The normalized spacial score (nSPS) is 17.5. The van der Waals surface area contributed by atoms with Gasteiger partial charge in [0.25, 0.3) is 0 Å². The minimum atomic E-state index is 0.636. The second-order valence-corrected chi connectivity index (χ2v) is 5.24. The molecular formula is C14H26N4. The molecule has 18 heavy (non-hydrogen) atoms. The first kappa shape index (κ1) is 13.6. The molecule has 0 aliphatic heterocycles. The smallest absolute Gasteiger partial charge is 0.0764 e. The summed E-state index contributed by atoms with van der Waals surface area (Å²) in [6.07, 6.45) is 8.84. The van der Waals surface area contributed by atoms with E-state index in [2.05, 4.69) is 28.8 Å². The van der Waals surface area contributed by atoms with E-state index in [1.807, 2.05) is 0 Å². The molecule has 0 saturated heterocycles. The lowest BCUT2D eigenvalue weighted by atomic mass is 9.96. The maximum absolute atomic E-state index is 5.61. The van der Waals surface area contributed by atoms with Crippen molar-refractivity contribution < 1.29 is 0 Å². The van der Waals surface area contributed by atoms with Crippen molar-refractivity contribution in [3.63, 3.8) is 0 Å². The third-order valence-electron chi connectivity index (χ3n) is 3.89. The Morgan fingerprint density at radius 2 is 2.17 bits per heavy atom. The Bertz CT molecular complexity index is 341. The summed E-state index contributed by atoms with van der Waals surface area (Å²) in [5.74, 6) is 0. The van der Waals surface area contributed by atoms with Gasteiger partial charge in [-0.3, -0.25) is 9.58 Å². The van der Waals surface area contributed by atoms with Crippen molar-refractivity contribution in [3.8, 4) is 0 Å². The molecule has 1 aliphatic carbocycles. The van der Waals surface area contributed by atoms with Crippen LogP contribution in [0.5, 0.6) is 0 Å². The van der Waals surface area contributed by atoms with Crippen molar-refractivity contribution in [3.05, 3.63) is 18.0 Å². The third kappa shape index (κ3) is 3.56. The molecule has 0 spiro atoms. The summed E-state index contributed by atoms with van der Waals surface area (Å²) in [6, 6.07) is 2.80. The van der Waals surface area contributed by atoms with Crippen molar-refractivity contribution in [1.82, 2.24) is 14.7 Å². The highest BCUT2D eigenvalue weighted by Gasteiger charge is 2.16. The van der Waals surface area contributed by atoms with Crippen LogP contribution in [0.25, 0.3) is 0 Å². The number of likely N-dealkylation sites (N-methyl/N-ethyl adjacent to an activating group) is 1. The predicted molar refractivity (Wildman–Crippen MR) is 74.4 cm³/mol. The highest BCUT2D eigenvalue weighted by molar-refractivity contribution is 5.00. The fourth-order valence-electron chi connectivity index (χ4n) is 2.77. The maximum Gasteiger partial charge on any atom is 0.0764 e. The monoisotopic (exact) mass is 250 g/mol. The second kappa shape index (κ2) is 6.90. The zero-order valence-electron chi connectivity index (χ0n) is 11.5.